The van der Waals surface area contributed by atoms with Crippen LogP contribution in [0.2, 0.25) is 0 Å². The van der Waals surface area contributed by atoms with Crippen LogP contribution in [-0.4, -0.2) is 145 Å². The molecule has 0 spiro atoms. The highest BCUT2D eigenvalue weighted by Gasteiger charge is 2.48. The Kier molecular flexibility index (Phi) is 14.0. The molecule has 5 heterocycles. The summed E-state index contributed by atoms with van der Waals surface area (Å²) in [6, 6.07) is -1.06. The molecule has 54 heavy (non-hydrogen) atoms. The molecule has 26 nitrogen and oxygen atoms in total. The van der Waals surface area contributed by atoms with E-state index in [4.69, 9.17) is 45.9 Å². The first-order valence-corrected chi connectivity index (χ1v) is 18.5. The van der Waals surface area contributed by atoms with Crippen molar-refractivity contribution in [2.45, 2.75) is 74.4 Å². The van der Waals surface area contributed by atoms with Gasteiger partial charge in [-0.1, -0.05) is 6.08 Å². The molecule has 2 aromatic heterocycles. The molecular weight excluding hydrogens is 774 g/mol. The monoisotopic (exact) mass is 812 g/mol. The maximum absolute atomic E-state index is 12.4. The Hall–Kier alpha value is -3.98. The van der Waals surface area contributed by atoms with Crippen LogP contribution in [0.4, 0.5) is 5.82 Å². The number of aliphatic carboxylic acids is 2. The summed E-state index contributed by atoms with van der Waals surface area (Å²) in [5, 5.41) is 57.9. The first-order valence-electron chi connectivity index (χ1n) is 15.5. The second kappa shape index (κ2) is 17.7. The molecular formula is C26H38N8O18P2. The molecule has 2 fully saturated rings. The number of fused-ring (bicyclic) bond motifs is 1. The normalized spacial score (nSPS) is 29.5. The number of rotatable bonds is 15. The van der Waals surface area contributed by atoms with E-state index in [1.165, 1.54) is 28.2 Å². The van der Waals surface area contributed by atoms with Gasteiger partial charge >= 0.3 is 27.6 Å². The van der Waals surface area contributed by atoms with Crippen molar-refractivity contribution < 1.29 is 86.8 Å². The fourth-order valence-electron chi connectivity index (χ4n) is 5.08. The van der Waals surface area contributed by atoms with Gasteiger partial charge in [0.15, 0.2) is 23.9 Å². The van der Waals surface area contributed by atoms with Gasteiger partial charge in [-0.15, -0.1) is 0 Å². The molecule has 0 saturated carbocycles. The Balaban J connectivity index is 0.000000571. The van der Waals surface area contributed by atoms with Crippen LogP contribution in [-0.2, 0) is 46.3 Å². The van der Waals surface area contributed by atoms with Gasteiger partial charge in [0.1, 0.15) is 54.5 Å². The van der Waals surface area contributed by atoms with Crippen LogP contribution in [0.5, 0.6) is 0 Å². The van der Waals surface area contributed by atoms with Crippen molar-refractivity contribution in [3.8, 4) is 0 Å². The van der Waals surface area contributed by atoms with Crippen molar-refractivity contribution >= 4 is 50.5 Å². The van der Waals surface area contributed by atoms with E-state index in [1.54, 1.807) is 6.08 Å². The number of aliphatic hydroxyl groups is 4. The van der Waals surface area contributed by atoms with Crippen molar-refractivity contribution in [3.05, 3.63) is 36.7 Å². The van der Waals surface area contributed by atoms with Crippen molar-refractivity contribution in [2.75, 3.05) is 18.9 Å². The number of primary amides is 1. The molecule has 1 amide bonds. The lowest BCUT2D eigenvalue weighted by atomic mass is 10.1. The Morgan fingerprint density at radius 1 is 0.926 bits per heavy atom. The van der Waals surface area contributed by atoms with E-state index in [-0.39, 0.29) is 41.8 Å². The average molecular weight is 813 g/mol. The topological polar surface area (TPSA) is 418 Å². The average Bonchev–Trinajstić information content (AvgIpc) is 3.75. The van der Waals surface area contributed by atoms with Gasteiger partial charge in [-0.25, -0.2) is 24.1 Å². The number of hydrogen-bond donors (Lipinski definition) is 11. The number of carboxylic acid groups (broad SMARTS) is 2. The number of anilines is 1. The van der Waals surface area contributed by atoms with Gasteiger partial charge in [-0.3, -0.25) is 28.0 Å². The van der Waals surface area contributed by atoms with Crippen LogP contribution in [0.3, 0.4) is 0 Å². The first kappa shape index (κ1) is 42.8. The van der Waals surface area contributed by atoms with E-state index in [9.17, 15) is 53.7 Å². The van der Waals surface area contributed by atoms with Crippen LogP contribution >= 0.6 is 15.6 Å². The zero-order valence-corrected chi connectivity index (χ0v) is 29.4. The van der Waals surface area contributed by atoms with Gasteiger partial charge in [0.05, 0.1) is 19.5 Å². The molecule has 3 aliphatic rings. The predicted octanol–water partition coefficient (Wildman–Crippen LogP) is -3.42. The van der Waals surface area contributed by atoms with E-state index in [2.05, 4.69) is 19.3 Å². The van der Waals surface area contributed by atoms with Crippen LogP contribution in [0.1, 0.15) is 25.5 Å². The fraction of sp³-hybridized carbons (Fsp3) is 0.538. The highest BCUT2D eigenvalue weighted by molar-refractivity contribution is 7.61. The number of nitrogens with zero attached hydrogens (tertiary/aromatic N) is 5. The molecule has 0 aromatic carbocycles. The molecule has 3 aliphatic heterocycles. The second-order valence-corrected chi connectivity index (χ2v) is 14.8. The number of allylic oxidation sites excluding steroid dienone is 1. The molecule has 2 unspecified atom stereocenters. The number of aliphatic hydroxyl groups excluding tert-OH is 4. The quantitative estimate of drug-likeness (QED) is 0.0780. The van der Waals surface area contributed by atoms with Crippen LogP contribution in [0.25, 0.3) is 11.2 Å². The van der Waals surface area contributed by atoms with Gasteiger partial charge in [-0.05, 0) is 12.8 Å². The minimum atomic E-state index is -5.37. The number of aromatic nitrogens is 4. The summed E-state index contributed by atoms with van der Waals surface area (Å²) in [7, 11) is -10.7. The summed E-state index contributed by atoms with van der Waals surface area (Å²) in [5.41, 5.74) is 16.6. The summed E-state index contributed by atoms with van der Waals surface area (Å²) in [5.74, 6) is -2.85. The number of phosphoric ester groups is 2. The number of nitrogen functional groups attached to an aromatic ring is 1. The van der Waals surface area contributed by atoms with E-state index in [0.717, 1.165) is 6.33 Å². The molecule has 28 heteroatoms. The van der Waals surface area contributed by atoms with Crippen molar-refractivity contribution in [3.63, 3.8) is 0 Å². The SMILES string of the molecule is NC(=O)C1=CN([C@@H]2O[C@H](COP(=O)(O)OP(=O)(O)OC[C@H]3O[C@@H](n4cnc5c(N)ncnc54)[C@H](O)[C@@H]3O)[C@@H](O)[C@H]2O)C=CC1.N[C@@H](CCC(=O)O)C(=O)O. The van der Waals surface area contributed by atoms with Crippen LogP contribution in [0.15, 0.2) is 36.7 Å². The molecule has 0 aliphatic carbocycles. The molecule has 2 aromatic rings. The molecule has 11 atom stereocenters. The number of ether oxygens (including phenoxy) is 2. The lowest BCUT2D eigenvalue weighted by molar-refractivity contribution is -0.139. The summed E-state index contributed by atoms with van der Waals surface area (Å²) >= 11 is 0. The van der Waals surface area contributed by atoms with E-state index in [1.807, 2.05) is 0 Å². The van der Waals surface area contributed by atoms with Gasteiger partial charge in [-0.2, -0.15) is 4.31 Å². The highest BCUT2D eigenvalue weighted by Crippen LogP contribution is 2.60. The fourth-order valence-corrected chi connectivity index (χ4v) is 7.17. The number of phosphoric acid groups is 2. The van der Waals surface area contributed by atoms with Crippen LogP contribution in [0, 0.1) is 0 Å². The Labute approximate surface area is 303 Å². The van der Waals surface area contributed by atoms with Crippen molar-refractivity contribution in [1.29, 1.82) is 0 Å². The molecule has 2 saturated heterocycles. The number of nitrogens with two attached hydrogens (primary N) is 3. The molecule has 14 N–H and O–H groups in total. The Bertz CT molecular complexity index is 1850. The maximum atomic E-state index is 12.4. The summed E-state index contributed by atoms with van der Waals surface area (Å²) < 4.78 is 50.8. The summed E-state index contributed by atoms with van der Waals surface area (Å²) in [6.45, 7) is -1.79. The number of carbonyl (C=O) groups excluding carboxylic acids is 1. The largest absolute Gasteiger partial charge is 0.481 e. The van der Waals surface area contributed by atoms with Gasteiger partial charge in [0.2, 0.25) is 5.91 Å². The number of imidazole rings is 1. The molecule has 300 valence electrons. The lowest BCUT2D eigenvalue weighted by Crippen LogP contribution is -2.40. The number of amides is 1. The minimum Gasteiger partial charge on any atom is -0.481 e. The first-order chi connectivity index (χ1) is 25.2. The van der Waals surface area contributed by atoms with E-state index < -0.39 is 102 Å². The predicted molar refractivity (Wildman–Crippen MR) is 174 cm³/mol. The van der Waals surface area contributed by atoms with E-state index in [0.29, 0.717) is 0 Å². The van der Waals surface area contributed by atoms with Crippen molar-refractivity contribution in [2.24, 2.45) is 11.5 Å². The number of hydrogen-bond acceptors (Lipinski definition) is 20. The standard InChI is InChI=1S/C21H29N7O14P2.C5H9NO4/c22-17-12-19(25-7-24-17)28(8-26-12)21-16(32)14(30)11(41-21)6-39-44(36,37)42-43(34,35)38-5-10-13(29)15(31)20(40-10)27-3-1-2-9(4-27)18(23)33;6-3(5(9)10)1-2-4(7)8/h1,3-4,7-8,10-11,13-16,20-21,29-32H,2,5-6H2,(H2,23,33)(H,34,35)(H,36,37)(H2,22,24,25);3H,1-2,6H2,(H,7,8)(H,9,10)/t10-,11-,13-,14-,15-,16-,20-,21-;3-/m10/s1. The number of carboxylic acids is 2. The highest BCUT2D eigenvalue weighted by atomic mass is 31.3. The third-order valence-corrected chi connectivity index (χ3v) is 10.5. The summed E-state index contributed by atoms with van der Waals surface area (Å²) in [6.07, 6.45) is -5.10. The third kappa shape index (κ3) is 10.6. The number of carbonyl (C=O) groups is 3. The van der Waals surface area contributed by atoms with Gasteiger partial charge in [0.25, 0.3) is 0 Å². The summed E-state index contributed by atoms with van der Waals surface area (Å²) in [4.78, 5) is 64.5. The zero-order valence-electron chi connectivity index (χ0n) is 27.6. The third-order valence-electron chi connectivity index (χ3n) is 7.86. The lowest BCUT2D eigenvalue weighted by Gasteiger charge is -2.28. The Morgan fingerprint density at radius 2 is 1.50 bits per heavy atom. The maximum Gasteiger partial charge on any atom is 0.481 e. The molecule has 5 rings (SSSR count). The minimum absolute atomic E-state index is 0.0231. The zero-order chi connectivity index (χ0) is 40.1. The Morgan fingerprint density at radius 3 is 2.06 bits per heavy atom. The molecule has 0 bridgehead atoms. The van der Waals surface area contributed by atoms with E-state index >= 15 is 0 Å². The van der Waals surface area contributed by atoms with Crippen molar-refractivity contribution in [1.82, 2.24) is 24.4 Å². The second-order valence-electron chi connectivity index (χ2n) is 11.7. The van der Waals surface area contributed by atoms with Crippen LogP contribution < -0.4 is 17.2 Å². The van der Waals surface area contributed by atoms with Gasteiger partial charge in [0, 0.05) is 24.4 Å². The smallest absolute Gasteiger partial charge is 0.481 e. The van der Waals surface area contributed by atoms with Gasteiger partial charge < -0.3 is 72.0 Å². The molecule has 0 radical (unpaired) electrons.